The van der Waals surface area contributed by atoms with Gasteiger partial charge >= 0.3 is 0 Å². The van der Waals surface area contributed by atoms with Crippen molar-refractivity contribution in [1.29, 1.82) is 0 Å². The van der Waals surface area contributed by atoms with E-state index in [0.29, 0.717) is 10.8 Å². The monoisotopic (exact) mass is 476 g/mol. The fraction of sp³-hybridized carbons (Fsp3) is 0.500. The number of anilines is 2. The summed E-state index contributed by atoms with van der Waals surface area (Å²) in [5.74, 6) is 1.44. The van der Waals surface area contributed by atoms with Crippen LogP contribution in [0.5, 0.6) is 5.75 Å². The average Bonchev–Trinajstić information content (AvgIpc) is 2.78. The standard InChI is InChI=1S/C24H32N2O4S2/c1-30-19-7-8-22-21(17-19)26(13-4-12-25-14-9-18(10-15-25)11-16-27)20-5-3-6-23(24(20)31-22)32(2,28)29/h3,5-8,17-18,27H,4,9-16H2,1-2H3. The van der Waals surface area contributed by atoms with Gasteiger partial charge in [0.05, 0.1) is 28.3 Å². The van der Waals surface area contributed by atoms with Crippen molar-refractivity contribution >= 4 is 33.0 Å². The highest BCUT2D eigenvalue weighted by Crippen LogP contribution is 2.51. The number of aliphatic hydroxyl groups is 1. The number of nitrogens with zero attached hydrogens (tertiary/aromatic N) is 2. The van der Waals surface area contributed by atoms with E-state index < -0.39 is 9.84 Å². The molecule has 0 amide bonds. The Labute approximate surface area is 195 Å². The van der Waals surface area contributed by atoms with Gasteiger partial charge < -0.3 is 19.6 Å². The maximum atomic E-state index is 12.4. The van der Waals surface area contributed by atoms with Crippen molar-refractivity contribution in [1.82, 2.24) is 4.90 Å². The molecule has 0 atom stereocenters. The van der Waals surface area contributed by atoms with E-state index >= 15 is 0 Å². The minimum Gasteiger partial charge on any atom is -0.497 e. The van der Waals surface area contributed by atoms with Crippen molar-refractivity contribution in [3.05, 3.63) is 36.4 Å². The minimum absolute atomic E-state index is 0.287. The number of sulfone groups is 1. The molecule has 8 heteroatoms. The van der Waals surface area contributed by atoms with Gasteiger partial charge in [0.2, 0.25) is 0 Å². The van der Waals surface area contributed by atoms with Crippen LogP contribution >= 0.6 is 11.8 Å². The molecule has 0 aliphatic carbocycles. The van der Waals surface area contributed by atoms with Crippen molar-refractivity contribution < 1.29 is 18.3 Å². The second kappa shape index (κ2) is 10.0. The normalized spacial score (nSPS) is 17.2. The zero-order chi connectivity index (χ0) is 22.7. The maximum absolute atomic E-state index is 12.4. The van der Waals surface area contributed by atoms with E-state index in [1.54, 1.807) is 13.2 Å². The number of hydrogen-bond acceptors (Lipinski definition) is 7. The van der Waals surface area contributed by atoms with Gasteiger partial charge in [-0.3, -0.25) is 0 Å². The number of ether oxygens (including phenoxy) is 1. The van der Waals surface area contributed by atoms with Crippen molar-refractivity contribution in [2.45, 2.75) is 40.4 Å². The molecule has 1 fully saturated rings. The molecule has 4 rings (SSSR count). The molecule has 2 heterocycles. The van der Waals surface area contributed by atoms with Crippen molar-refractivity contribution in [3.63, 3.8) is 0 Å². The van der Waals surface area contributed by atoms with Crippen LogP contribution in [0.15, 0.2) is 51.1 Å². The highest BCUT2D eigenvalue weighted by Gasteiger charge is 2.28. The number of aliphatic hydroxyl groups excluding tert-OH is 1. The van der Waals surface area contributed by atoms with Gasteiger partial charge in [0, 0.05) is 30.4 Å². The van der Waals surface area contributed by atoms with Gasteiger partial charge in [0.1, 0.15) is 5.75 Å². The molecule has 1 N–H and O–H groups in total. The van der Waals surface area contributed by atoms with E-state index in [9.17, 15) is 13.5 Å². The minimum atomic E-state index is -3.33. The first-order valence-electron chi connectivity index (χ1n) is 11.2. The van der Waals surface area contributed by atoms with Gasteiger partial charge in [-0.05, 0) is 75.5 Å². The maximum Gasteiger partial charge on any atom is 0.176 e. The summed E-state index contributed by atoms with van der Waals surface area (Å²) < 4.78 is 30.4. The molecule has 0 aromatic heterocycles. The second-order valence-corrected chi connectivity index (χ2v) is 11.7. The van der Waals surface area contributed by atoms with Crippen molar-refractivity contribution in [3.8, 4) is 5.75 Å². The number of likely N-dealkylation sites (tertiary alicyclic amines) is 1. The highest BCUT2D eigenvalue weighted by molar-refractivity contribution is 8.00. The number of fused-ring (bicyclic) bond motifs is 2. The van der Waals surface area contributed by atoms with E-state index in [1.807, 2.05) is 30.3 Å². The lowest BCUT2D eigenvalue weighted by molar-refractivity contribution is 0.158. The Kier molecular flexibility index (Phi) is 7.34. The molecule has 174 valence electrons. The molecule has 2 aliphatic heterocycles. The van der Waals surface area contributed by atoms with Crippen molar-refractivity contribution in [2.75, 3.05) is 51.1 Å². The third kappa shape index (κ3) is 5.09. The summed E-state index contributed by atoms with van der Waals surface area (Å²) in [6.07, 6.45) is 5.48. The lowest BCUT2D eigenvalue weighted by Gasteiger charge is -2.35. The van der Waals surface area contributed by atoms with Crippen LogP contribution in [0.3, 0.4) is 0 Å². The largest absolute Gasteiger partial charge is 0.497 e. The Morgan fingerprint density at radius 3 is 2.59 bits per heavy atom. The first-order chi connectivity index (χ1) is 15.4. The summed E-state index contributed by atoms with van der Waals surface area (Å²) >= 11 is 1.52. The summed E-state index contributed by atoms with van der Waals surface area (Å²) in [6, 6.07) is 11.5. The van der Waals surface area contributed by atoms with Crippen LogP contribution in [-0.2, 0) is 9.84 Å². The molecule has 32 heavy (non-hydrogen) atoms. The van der Waals surface area contributed by atoms with E-state index in [2.05, 4.69) is 9.80 Å². The predicted molar refractivity (Wildman–Crippen MR) is 129 cm³/mol. The quantitative estimate of drug-likeness (QED) is 0.613. The van der Waals surface area contributed by atoms with E-state index in [1.165, 1.54) is 18.0 Å². The third-order valence-corrected chi connectivity index (χ3v) is 8.88. The molecular weight excluding hydrogens is 444 g/mol. The Bertz CT molecular complexity index is 1050. The number of piperidine rings is 1. The highest BCUT2D eigenvalue weighted by atomic mass is 32.2. The van der Waals surface area contributed by atoms with E-state index in [4.69, 9.17) is 4.74 Å². The predicted octanol–water partition coefficient (Wildman–Crippen LogP) is 4.19. The SMILES string of the molecule is COc1ccc2c(c1)N(CCCN1CCC(CCO)CC1)c1cccc(S(C)(=O)=O)c1S2. The van der Waals surface area contributed by atoms with E-state index in [-0.39, 0.29) is 6.61 Å². The van der Waals surface area contributed by atoms with Gasteiger partial charge in [-0.1, -0.05) is 17.8 Å². The molecule has 0 unspecified atom stereocenters. The first kappa shape index (κ1) is 23.4. The van der Waals surface area contributed by atoms with Gasteiger partial charge in [-0.2, -0.15) is 0 Å². The lowest BCUT2D eigenvalue weighted by Crippen LogP contribution is -2.36. The zero-order valence-electron chi connectivity index (χ0n) is 18.8. The number of benzene rings is 2. The topological polar surface area (TPSA) is 70.1 Å². The van der Waals surface area contributed by atoms with Crippen LogP contribution in [0.25, 0.3) is 0 Å². The van der Waals surface area contributed by atoms with Crippen LogP contribution in [0.1, 0.15) is 25.7 Å². The Morgan fingerprint density at radius 1 is 1.12 bits per heavy atom. The van der Waals surface area contributed by atoms with E-state index in [0.717, 1.165) is 78.8 Å². The number of methoxy groups -OCH3 is 1. The molecular formula is C24H32N2O4S2. The molecule has 2 aliphatic rings. The third-order valence-electron chi connectivity index (χ3n) is 6.42. The molecule has 0 saturated carbocycles. The molecule has 0 spiro atoms. The lowest BCUT2D eigenvalue weighted by atomic mass is 9.94. The summed E-state index contributed by atoms with van der Waals surface area (Å²) in [7, 11) is -1.66. The molecule has 0 radical (unpaired) electrons. The average molecular weight is 477 g/mol. The van der Waals surface area contributed by atoms with Crippen LogP contribution in [-0.4, -0.2) is 64.6 Å². The summed E-state index contributed by atoms with van der Waals surface area (Å²) in [4.78, 5) is 6.98. The van der Waals surface area contributed by atoms with Gasteiger partial charge in [-0.25, -0.2) is 8.42 Å². The van der Waals surface area contributed by atoms with Crippen LogP contribution in [0, 0.1) is 5.92 Å². The van der Waals surface area contributed by atoms with Crippen LogP contribution in [0.4, 0.5) is 11.4 Å². The van der Waals surface area contributed by atoms with Crippen LogP contribution in [0.2, 0.25) is 0 Å². The summed E-state index contributed by atoms with van der Waals surface area (Å²) in [6.45, 7) is 4.27. The number of rotatable bonds is 8. The van der Waals surface area contributed by atoms with Gasteiger partial charge in [0.15, 0.2) is 9.84 Å². The van der Waals surface area contributed by atoms with Crippen molar-refractivity contribution in [2.24, 2.45) is 5.92 Å². The van der Waals surface area contributed by atoms with Crippen LogP contribution < -0.4 is 9.64 Å². The fourth-order valence-corrected chi connectivity index (χ4v) is 7.07. The van der Waals surface area contributed by atoms with Gasteiger partial charge in [0.25, 0.3) is 0 Å². The number of hydrogen-bond donors (Lipinski definition) is 1. The molecule has 1 saturated heterocycles. The van der Waals surface area contributed by atoms with Gasteiger partial charge in [-0.15, -0.1) is 0 Å². The molecule has 2 aromatic rings. The zero-order valence-corrected chi connectivity index (χ0v) is 20.4. The Balaban J connectivity index is 1.55. The first-order valence-corrected chi connectivity index (χ1v) is 13.9. The molecule has 0 bridgehead atoms. The summed E-state index contributed by atoms with van der Waals surface area (Å²) in [5, 5.41) is 9.17. The molecule has 6 nitrogen and oxygen atoms in total. The summed E-state index contributed by atoms with van der Waals surface area (Å²) in [5.41, 5.74) is 2.01. The Hall–Kier alpha value is -1.74. The Morgan fingerprint density at radius 2 is 1.91 bits per heavy atom. The fourth-order valence-electron chi connectivity index (χ4n) is 4.65. The molecule has 2 aromatic carbocycles. The smallest absolute Gasteiger partial charge is 0.176 e. The second-order valence-electron chi connectivity index (χ2n) is 8.61.